The SMILES string of the molecule is COCSSCO[C-]=O.C[C-]=O.O=[C-]O.O=[C-]O.O=[C-]O.O=[C-]O.O=[C-]OCSSCO[C-]=O.OCSSCO.[Y].[Y].[Y].[Y]. The topological polar surface area (TPSA) is 295 Å². The van der Waals surface area contributed by atoms with E-state index in [0.717, 1.165) is 0 Å². The molecule has 0 rings (SSSR count). The average molecular weight is 1050 g/mol. The van der Waals surface area contributed by atoms with Gasteiger partial charge in [0.15, 0.2) is 0 Å². The second-order valence-corrected chi connectivity index (χ2v) is 10.1. The van der Waals surface area contributed by atoms with Gasteiger partial charge in [-0.05, 0) is 0 Å². The Bertz CT molecular complexity index is 437. The van der Waals surface area contributed by atoms with Gasteiger partial charge in [-0.25, -0.2) is 0 Å². The zero-order chi connectivity index (χ0) is 33.0. The van der Waals surface area contributed by atoms with Crippen LogP contribution in [0.15, 0.2) is 0 Å². The van der Waals surface area contributed by atoms with Gasteiger partial charge in [-0.3, -0.25) is 6.29 Å². The largest absolute Gasteiger partial charge is 0.665 e. The molecule has 4 radical (unpaired) electrons. The fourth-order valence-electron chi connectivity index (χ4n) is 0.403. The van der Waals surface area contributed by atoms with Crippen molar-refractivity contribution in [1.82, 2.24) is 0 Å². The number of aliphatic hydroxyl groups excluding tert-OH is 6. The molecule has 0 fully saturated rings. The maximum absolute atomic E-state index is 9.44. The van der Waals surface area contributed by atoms with Crippen molar-refractivity contribution in [2.45, 2.75) is 6.92 Å². The van der Waals surface area contributed by atoms with Gasteiger partial charge in [0.25, 0.3) is 0 Å². The molecule has 0 amide bonds. The van der Waals surface area contributed by atoms with Crippen LogP contribution in [-0.4, -0.2) is 125 Å². The molecule has 28 heteroatoms. The van der Waals surface area contributed by atoms with Gasteiger partial charge >= 0.3 is 0 Å². The van der Waals surface area contributed by atoms with Gasteiger partial charge in [0, 0.05) is 138 Å². The number of aliphatic hydroxyl groups is 2. The van der Waals surface area contributed by atoms with E-state index in [9.17, 15) is 14.4 Å². The maximum Gasteiger partial charge on any atom is 0.107 e. The smallest absolute Gasteiger partial charge is 0.107 e. The summed E-state index contributed by atoms with van der Waals surface area (Å²) in [5.41, 5.74) is 0. The normalized spacial score (nSPS) is 6.36. The number of ether oxygens (including phenoxy) is 4. The standard InChI is InChI=1S/C4H4O4S2.C4H7O3S2.C2H6O2S2.C2H3O.4CHO2.4Y/c5-1-7-3-9-10-4-8-2-6;1-6-3-8-9-4-7-2-5;3-1-5-6-2-4;1-2-3;4*2-1-3;;;;/h3-4H2;3-4H2,1H3;3-4H,1-2H2;1H3;4*(H,2,3);;;;/q-2;-1;;5*-1;;;;. The molecule has 0 aromatic heterocycles. The van der Waals surface area contributed by atoms with Gasteiger partial charge in [-0.2, -0.15) is 6.92 Å². The van der Waals surface area contributed by atoms with Gasteiger partial charge in [-0.15, -0.1) is 0 Å². The zero-order valence-electron chi connectivity index (χ0n) is 22.6. The van der Waals surface area contributed by atoms with E-state index < -0.39 is 0 Å². The molecule has 44 heavy (non-hydrogen) atoms. The van der Waals surface area contributed by atoms with E-state index in [1.54, 1.807) is 7.11 Å². The molecule has 18 nitrogen and oxygen atoms in total. The summed E-state index contributed by atoms with van der Waals surface area (Å²) in [5, 5.41) is 43.1. The summed E-state index contributed by atoms with van der Waals surface area (Å²) < 4.78 is 17.4. The molecule has 0 spiro atoms. The third-order valence-electron chi connectivity index (χ3n) is 1.02. The number of hydrogen-bond acceptors (Lipinski definition) is 20. The van der Waals surface area contributed by atoms with E-state index in [0.29, 0.717) is 37.8 Å². The first-order valence-corrected chi connectivity index (χ1v) is 15.5. The quantitative estimate of drug-likeness (QED) is 0.0398. The molecule has 252 valence electrons. The van der Waals surface area contributed by atoms with Crippen LogP contribution in [-0.2, 0) is 188 Å². The fourth-order valence-corrected chi connectivity index (χ4v) is 3.19. The van der Waals surface area contributed by atoms with E-state index >= 15 is 0 Å². The molecule has 0 unspecified atom stereocenters. The Morgan fingerprint density at radius 2 is 0.659 bits per heavy atom. The van der Waals surface area contributed by atoms with Crippen LogP contribution in [0.1, 0.15) is 6.92 Å². The third kappa shape index (κ3) is 247. The molecule has 0 saturated heterocycles. The van der Waals surface area contributed by atoms with Crippen LogP contribution in [0, 0.1) is 0 Å². The Balaban J connectivity index is -0.0000000278. The van der Waals surface area contributed by atoms with Crippen LogP contribution < -0.4 is 0 Å². The predicted molar refractivity (Wildman–Crippen MR) is 151 cm³/mol. The number of methoxy groups -OCH3 is 1. The van der Waals surface area contributed by atoms with Crippen molar-refractivity contribution in [2.24, 2.45) is 0 Å². The second kappa shape index (κ2) is 128. The van der Waals surface area contributed by atoms with Gasteiger partial charge < -0.3 is 87.9 Å². The van der Waals surface area contributed by atoms with Crippen LogP contribution in [0.25, 0.3) is 0 Å². The van der Waals surface area contributed by atoms with Crippen molar-refractivity contribution in [2.75, 3.05) is 42.7 Å². The molecule has 0 saturated carbocycles. The van der Waals surface area contributed by atoms with Gasteiger partial charge in [0.2, 0.25) is 0 Å². The summed E-state index contributed by atoms with van der Waals surface area (Å²) in [6.07, 6.45) is 1.50. The summed E-state index contributed by atoms with van der Waals surface area (Å²) in [4.78, 5) is 69.9. The maximum atomic E-state index is 9.44. The summed E-state index contributed by atoms with van der Waals surface area (Å²) >= 11 is 0. The van der Waals surface area contributed by atoms with Crippen LogP contribution in [0.5, 0.6) is 0 Å². The molecule has 6 N–H and O–H groups in total. The van der Waals surface area contributed by atoms with Crippen LogP contribution >= 0.6 is 64.8 Å². The van der Waals surface area contributed by atoms with Gasteiger partial charge in [0.1, 0.15) is 23.8 Å². The van der Waals surface area contributed by atoms with Crippen molar-refractivity contribution in [1.29, 1.82) is 0 Å². The Morgan fingerprint density at radius 1 is 0.477 bits per heavy atom. The molecular weight excluding hydrogens is 1030 g/mol. The summed E-state index contributed by atoms with van der Waals surface area (Å²) in [6, 6.07) is 0. The first kappa shape index (κ1) is 80.8. The van der Waals surface area contributed by atoms with Crippen LogP contribution in [0.3, 0.4) is 0 Å². The molecule has 0 bridgehead atoms. The first-order valence-electron chi connectivity index (χ1n) is 8.07. The molecule has 0 aromatic carbocycles. The minimum atomic E-state index is 0. The Hall–Kier alpha value is 2.36. The minimum absolute atomic E-state index is 0. The monoisotopic (exact) mass is 1050 g/mol. The third-order valence-corrected chi connectivity index (χ3v) is 5.99. The van der Waals surface area contributed by atoms with Crippen molar-refractivity contribution in [3.8, 4) is 0 Å². The number of rotatable bonds is 16. The van der Waals surface area contributed by atoms with Gasteiger partial charge in [0.05, 0.1) is 11.9 Å². The van der Waals surface area contributed by atoms with Crippen molar-refractivity contribution < 1.29 is 219 Å². The van der Waals surface area contributed by atoms with Gasteiger partial charge in [-0.1, -0.05) is 110 Å². The molecule has 0 aromatic rings. The number of hydrogen-bond donors (Lipinski definition) is 6. The molecule has 0 aliphatic heterocycles. The van der Waals surface area contributed by atoms with Crippen LogP contribution in [0.4, 0.5) is 0 Å². The zero-order valence-corrected chi connectivity index (χ0v) is 38.8. The summed E-state index contributed by atoms with van der Waals surface area (Å²) in [7, 11) is 9.46. The fraction of sp³-hybridized carbons (Fsp3) is 0.500. The van der Waals surface area contributed by atoms with Crippen molar-refractivity contribution >= 4 is 116 Å². The summed E-state index contributed by atoms with van der Waals surface area (Å²) in [5.74, 6) is 1.49. The van der Waals surface area contributed by atoms with E-state index in [1.807, 2.05) is 0 Å². The van der Waals surface area contributed by atoms with E-state index in [2.05, 4.69) is 14.2 Å². The molecule has 0 heterocycles. The molecule has 0 atom stereocenters. The molecule has 0 aliphatic carbocycles. The predicted octanol–water partition coefficient (Wildman–Crippen LogP) is 0.283. The van der Waals surface area contributed by atoms with Crippen molar-refractivity contribution in [3.63, 3.8) is 0 Å². The molecule has 0 aliphatic rings. The first-order chi connectivity index (χ1) is 19.3. The Labute approximate surface area is 378 Å². The van der Waals surface area contributed by atoms with E-state index in [-0.39, 0.29) is 155 Å². The van der Waals surface area contributed by atoms with Crippen molar-refractivity contribution in [3.05, 3.63) is 0 Å². The Kier molecular flexibility index (Phi) is 236. The summed E-state index contributed by atoms with van der Waals surface area (Å²) in [6.45, 7) is 7.15. The average Bonchev–Trinajstić information content (AvgIpc) is 2.92. The molecular formula is C16H24O18S6Y4-8. The van der Waals surface area contributed by atoms with E-state index in [1.165, 1.54) is 97.4 Å². The minimum Gasteiger partial charge on any atom is -0.665 e. The van der Waals surface area contributed by atoms with Crippen LogP contribution in [0.2, 0.25) is 0 Å². The Morgan fingerprint density at radius 3 is 0.795 bits per heavy atom. The van der Waals surface area contributed by atoms with E-state index in [4.69, 9.17) is 59.3 Å². The number of carbonyl (C=O) groups excluding carboxylic acids is 4. The second-order valence-electron chi connectivity index (χ2n) is 2.98.